The third kappa shape index (κ3) is 3.10. The molecule has 0 radical (unpaired) electrons. The standard InChI is InChI=1S/C19H18N2O4/c1-3-10-20(19(24)16-5-4-11-25-16)15-12-17(22)21(18(15)23)14-8-6-13(2)7-9-14/h3-9,11,15H,1,10,12H2,2H3. The molecule has 128 valence electrons. The van der Waals surface area contributed by atoms with Gasteiger partial charge in [-0.3, -0.25) is 14.4 Å². The molecule has 2 aromatic rings. The van der Waals surface area contributed by atoms with Crippen LogP contribution in [0, 0.1) is 6.92 Å². The van der Waals surface area contributed by atoms with Crippen LogP contribution < -0.4 is 4.90 Å². The van der Waals surface area contributed by atoms with E-state index >= 15 is 0 Å². The summed E-state index contributed by atoms with van der Waals surface area (Å²) in [5.74, 6) is -1.08. The predicted octanol–water partition coefficient (Wildman–Crippen LogP) is 2.55. The van der Waals surface area contributed by atoms with Gasteiger partial charge in [-0.25, -0.2) is 4.90 Å². The van der Waals surface area contributed by atoms with Crippen LogP contribution in [-0.4, -0.2) is 35.2 Å². The van der Waals surface area contributed by atoms with Crippen LogP contribution in [0.15, 0.2) is 59.7 Å². The van der Waals surface area contributed by atoms with Crippen LogP contribution in [0.25, 0.3) is 0 Å². The zero-order valence-electron chi connectivity index (χ0n) is 13.8. The number of rotatable bonds is 5. The van der Waals surface area contributed by atoms with Crippen LogP contribution in [0.1, 0.15) is 22.5 Å². The Morgan fingerprint density at radius 1 is 1.32 bits per heavy atom. The Balaban J connectivity index is 1.89. The summed E-state index contributed by atoms with van der Waals surface area (Å²) in [5.41, 5.74) is 1.53. The molecule has 1 aromatic heterocycles. The topological polar surface area (TPSA) is 70.8 Å². The molecule has 1 saturated heterocycles. The van der Waals surface area contributed by atoms with Crippen LogP contribution in [-0.2, 0) is 9.59 Å². The molecule has 1 unspecified atom stereocenters. The van der Waals surface area contributed by atoms with Gasteiger partial charge in [0.25, 0.3) is 11.8 Å². The molecule has 3 rings (SSSR count). The number of nitrogens with zero attached hydrogens (tertiary/aromatic N) is 2. The summed E-state index contributed by atoms with van der Waals surface area (Å²) in [4.78, 5) is 40.3. The molecule has 6 nitrogen and oxygen atoms in total. The van der Waals surface area contributed by atoms with E-state index in [1.807, 2.05) is 19.1 Å². The summed E-state index contributed by atoms with van der Waals surface area (Å²) in [6.45, 7) is 5.70. The molecule has 0 bridgehead atoms. The van der Waals surface area contributed by atoms with E-state index in [-0.39, 0.29) is 24.6 Å². The zero-order valence-corrected chi connectivity index (χ0v) is 13.8. The van der Waals surface area contributed by atoms with Gasteiger partial charge in [0.05, 0.1) is 18.4 Å². The normalized spacial score (nSPS) is 17.0. The van der Waals surface area contributed by atoms with Crippen LogP contribution in [0.4, 0.5) is 5.69 Å². The molecule has 0 aliphatic carbocycles. The van der Waals surface area contributed by atoms with Crippen molar-refractivity contribution in [1.29, 1.82) is 0 Å². The minimum atomic E-state index is -0.871. The van der Waals surface area contributed by atoms with Crippen molar-refractivity contribution in [2.24, 2.45) is 0 Å². The van der Waals surface area contributed by atoms with E-state index in [0.717, 1.165) is 10.5 Å². The monoisotopic (exact) mass is 338 g/mol. The molecule has 0 saturated carbocycles. The second-order valence-electron chi connectivity index (χ2n) is 5.85. The van der Waals surface area contributed by atoms with Crippen LogP contribution in [0.2, 0.25) is 0 Å². The fourth-order valence-electron chi connectivity index (χ4n) is 2.86. The molecule has 0 spiro atoms. The predicted molar refractivity (Wildman–Crippen MR) is 92.0 cm³/mol. The van der Waals surface area contributed by atoms with Gasteiger partial charge in [-0.1, -0.05) is 23.8 Å². The van der Waals surface area contributed by atoms with Gasteiger partial charge in [0.1, 0.15) is 6.04 Å². The van der Waals surface area contributed by atoms with Gasteiger partial charge in [-0.05, 0) is 31.2 Å². The van der Waals surface area contributed by atoms with Crippen molar-refractivity contribution in [3.8, 4) is 0 Å². The van der Waals surface area contributed by atoms with Crippen molar-refractivity contribution in [3.05, 3.63) is 66.6 Å². The second kappa shape index (κ2) is 6.76. The molecular weight excluding hydrogens is 320 g/mol. The Hall–Kier alpha value is -3.15. The summed E-state index contributed by atoms with van der Waals surface area (Å²) in [7, 11) is 0. The number of amides is 3. The Bertz CT molecular complexity index is 808. The van der Waals surface area contributed by atoms with E-state index in [2.05, 4.69) is 6.58 Å². The third-order valence-corrected chi connectivity index (χ3v) is 4.11. The molecule has 0 N–H and O–H groups in total. The highest BCUT2D eigenvalue weighted by atomic mass is 16.3. The summed E-state index contributed by atoms with van der Waals surface area (Å²) in [6, 6.07) is 9.36. The van der Waals surface area contributed by atoms with Gasteiger partial charge < -0.3 is 9.32 Å². The number of carbonyl (C=O) groups excluding carboxylic acids is 3. The lowest BCUT2D eigenvalue weighted by atomic mass is 10.2. The number of furan rings is 1. The summed E-state index contributed by atoms with van der Waals surface area (Å²) in [5, 5.41) is 0. The quantitative estimate of drug-likeness (QED) is 0.620. The van der Waals surface area contributed by atoms with Crippen molar-refractivity contribution in [2.45, 2.75) is 19.4 Å². The zero-order chi connectivity index (χ0) is 18.0. The highest BCUT2D eigenvalue weighted by Gasteiger charge is 2.44. The fraction of sp³-hybridized carbons (Fsp3) is 0.211. The lowest BCUT2D eigenvalue weighted by Crippen LogP contribution is -2.45. The molecule has 1 aliphatic rings. The maximum absolute atomic E-state index is 12.8. The number of aryl methyl sites for hydroxylation is 1. The minimum Gasteiger partial charge on any atom is -0.459 e. The van der Waals surface area contributed by atoms with E-state index in [1.165, 1.54) is 23.3 Å². The minimum absolute atomic E-state index is 0.0625. The summed E-state index contributed by atoms with van der Waals surface area (Å²) < 4.78 is 5.13. The van der Waals surface area contributed by atoms with E-state index in [0.29, 0.717) is 5.69 Å². The summed E-state index contributed by atoms with van der Waals surface area (Å²) >= 11 is 0. The number of hydrogen-bond acceptors (Lipinski definition) is 4. The number of carbonyl (C=O) groups is 3. The Kier molecular flexibility index (Phi) is 4.52. The molecule has 1 atom stereocenters. The first-order valence-corrected chi connectivity index (χ1v) is 7.91. The van der Waals surface area contributed by atoms with Gasteiger partial charge in [0.2, 0.25) is 5.91 Å². The molecule has 25 heavy (non-hydrogen) atoms. The van der Waals surface area contributed by atoms with Gasteiger partial charge in [-0.2, -0.15) is 0 Å². The van der Waals surface area contributed by atoms with E-state index in [4.69, 9.17) is 4.42 Å². The van der Waals surface area contributed by atoms with Crippen molar-refractivity contribution in [3.63, 3.8) is 0 Å². The molecular formula is C19H18N2O4. The van der Waals surface area contributed by atoms with Crippen molar-refractivity contribution in [1.82, 2.24) is 4.90 Å². The van der Waals surface area contributed by atoms with E-state index in [1.54, 1.807) is 18.2 Å². The molecule has 3 amide bonds. The molecule has 2 heterocycles. The maximum atomic E-state index is 12.8. The largest absolute Gasteiger partial charge is 0.459 e. The Morgan fingerprint density at radius 2 is 2.04 bits per heavy atom. The summed E-state index contributed by atoms with van der Waals surface area (Å²) in [6.07, 6.45) is 2.85. The SMILES string of the molecule is C=CCN(C(=O)c1ccco1)C1CC(=O)N(c2ccc(C)cc2)C1=O. The highest BCUT2D eigenvalue weighted by Crippen LogP contribution is 2.27. The molecule has 1 aromatic carbocycles. The first-order valence-electron chi connectivity index (χ1n) is 7.91. The molecule has 1 fully saturated rings. The molecule has 6 heteroatoms. The first-order chi connectivity index (χ1) is 12.0. The maximum Gasteiger partial charge on any atom is 0.290 e. The second-order valence-corrected chi connectivity index (χ2v) is 5.85. The Morgan fingerprint density at radius 3 is 2.64 bits per heavy atom. The van der Waals surface area contributed by atoms with E-state index in [9.17, 15) is 14.4 Å². The Labute approximate surface area is 145 Å². The smallest absolute Gasteiger partial charge is 0.290 e. The fourth-order valence-corrected chi connectivity index (χ4v) is 2.86. The third-order valence-electron chi connectivity index (χ3n) is 4.11. The van der Waals surface area contributed by atoms with Gasteiger partial charge in [-0.15, -0.1) is 6.58 Å². The number of hydrogen-bond donors (Lipinski definition) is 0. The first kappa shape index (κ1) is 16.7. The van der Waals surface area contributed by atoms with Gasteiger partial charge in [0.15, 0.2) is 5.76 Å². The average molecular weight is 338 g/mol. The lowest BCUT2D eigenvalue weighted by molar-refractivity contribution is -0.122. The number of imide groups is 1. The highest BCUT2D eigenvalue weighted by molar-refractivity contribution is 6.23. The van der Waals surface area contributed by atoms with Crippen molar-refractivity contribution in [2.75, 3.05) is 11.4 Å². The van der Waals surface area contributed by atoms with Crippen LogP contribution >= 0.6 is 0 Å². The van der Waals surface area contributed by atoms with Crippen LogP contribution in [0.3, 0.4) is 0 Å². The van der Waals surface area contributed by atoms with Crippen molar-refractivity contribution >= 4 is 23.4 Å². The van der Waals surface area contributed by atoms with Crippen LogP contribution in [0.5, 0.6) is 0 Å². The molecule has 1 aliphatic heterocycles. The van der Waals surface area contributed by atoms with Crippen molar-refractivity contribution < 1.29 is 18.8 Å². The van der Waals surface area contributed by atoms with Gasteiger partial charge in [0, 0.05) is 6.54 Å². The number of anilines is 1. The average Bonchev–Trinajstić information content (AvgIpc) is 3.22. The number of benzene rings is 1. The lowest BCUT2D eigenvalue weighted by Gasteiger charge is -2.25. The van der Waals surface area contributed by atoms with Gasteiger partial charge >= 0.3 is 0 Å². The van der Waals surface area contributed by atoms with E-state index < -0.39 is 17.9 Å².